The van der Waals surface area contributed by atoms with E-state index < -0.39 is 0 Å². The van der Waals surface area contributed by atoms with E-state index in [9.17, 15) is 4.79 Å². The summed E-state index contributed by atoms with van der Waals surface area (Å²) in [7, 11) is 0. The number of nitrogens with one attached hydrogen (secondary N) is 1. The molecule has 1 N–H and O–H groups in total. The van der Waals surface area contributed by atoms with Crippen molar-refractivity contribution < 1.29 is 9.64 Å². The summed E-state index contributed by atoms with van der Waals surface area (Å²) in [6.07, 6.45) is 3.58. The molecule has 0 aliphatic carbocycles. The molecule has 3 aliphatic rings. The molecule has 0 radical (unpaired) electrons. The first-order valence-electron chi connectivity index (χ1n) is 10.1. The Balaban J connectivity index is 1.45. The van der Waals surface area contributed by atoms with Gasteiger partial charge in [-0.15, -0.1) is 0 Å². The van der Waals surface area contributed by atoms with Crippen LogP contribution in [-0.4, -0.2) is 36.9 Å². The third-order valence-corrected chi connectivity index (χ3v) is 6.95. The number of aromatic nitrogens is 1. The highest BCUT2D eigenvalue weighted by atomic mass is 35.5. The molecule has 2 saturated heterocycles. The predicted molar refractivity (Wildman–Crippen MR) is 107 cm³/mol. The summed E-state index contributed by atoms with van der Waals surface area (Å²) >= 11 is 6.00. The molecule has 3 atom stereocenters. The van der Waals surface area contributed by atoms with Gasteiger partial charge < -0.3 is 14.2 Å². The van der Waals surface area contributed by atoms with Crippen LogP contribution in [0.1, 0.15) is 30.9 Å². The fraction of sp³-hybridized carbons (Fsp3) is 0.500. The third kappa shape index (κ3) is 3.24. The number of halogens is 1. The Labute approximate surface area is 164 Å². The molecular weight excluding hydrogens is 360 g/mol. The number of nitrogens with zero attached hydrogens (tertiary/aromatic N) is 1. The maximum Gasteiger partial charge on any atom is 0.258 e. The van der Waals surface area contributed by atoms with Gasteiger partial charge in [-0.05, 0) is 36.2 Å². The third-order valence-electron chi connectivity index (χ3n) is 6.70. The summed E-state index contributed by atoms with van der Waals surface area (Å²) in [5.41, 5.74) is 3.12. The molecule has 4 heterocycles. The Morgan fingerprint density at radius 2 is 1.81 bits per heavy atom. The lowest BCUT2D eigenvalue weighted by Crippen LogP contribution is -3.18. The summed E-state index contributed by atoms with van der Waals surface area (Å²) in [5, 5.41) is 0.697. The first kappa shape index (κ1) is 17.5. The molecule has 1 unspecified atom stereocenters. The molecule has 2 aromatic rings. The monoisotopic (exact) mass is 385 g/mol. The average molecular weight is 386 g/mol. The second-order valence-corrected chi connectivity index (χ2v) is 8.78. The van der Waals surface area contributed by atoms with E-state index in [0.717, 1.165) is 43.5 Å². The molecule has 27 heavy (non-hydrogen) atoms. The van der Waals surface area contributed by atoms with Crippen LogP contribution in [0.25, 0.3) is 11.1 Å². The van der Waals surface area contributed by atoms with Gasteiger partial charge in [-0.25, -0.2) is 0 Å². The van der Waals surface area contributed by atoms with Crippen molar-refractivity contribution in [2.24, 2.45) is 5.92 Å². The van der Waals surface area contributed by atoms with Gasteiger partial charge in [0, 0.05) is 47.5 Å². The molecule has 0 saturated carbocycles. The maximum atomic E-state index is 13.2. The van der Waals surface area contributed by atoms with E-state index in [-0.39, 0.29) is 5.56 Å². The van der Waals surface area contributed by atoms with E-state index in [0.29, 0.717) is 16.9 Å². The zero-order valence-corrected chi connectivity index (χ0v) is 16.3. The van der Waals surface area contributed by atoms with Crippen molar-refractivity contribution >= 4 is 11.6 Å². The zero-order chi connectivity index (χ0) is 18.4. The van der Waals surface area contributed by atoms with Gasteiger partial charge in [0.1, 0.15) is 0 Å². The van der Waals surface area contributed by atoms with Gasteiger partial charge in [0.05, 0.1) is 32.3 Å². The minimum atomic E-state index is 0.152. The number of hydrogen-bond acceptors (Lipinski definition) is 2. The summed E-state index contributed by atoms with van der Waals surface area (Å²) in [6, 6.07) is 12.5. The standard InChI is InChI=1S/C22H25ClN2O2/c23-18-3-1-16(2-4-18)20-5-6-21-17-11-15(13-25(21)22(20)26)12-24(14-17)19-7-9-27-10-8-19/h1-6,15,17,19H,7-14H2/p+1/t15-,17+/m0/s1. The summed E-state index contributed by atoms with van der Waals surface area (Å²) in [6.45, 7) is 5.02. The van der Waals surface area contributed by atoms with Crippen LogP contribution in [0, 0.1) is 5.92 Å². The number of rotatable bonds is 2. The van der Waals surface area contributed by atoms with Gasteiger partial charge in [0.25, 0.3) is 5.56 Å². The van der Waals surface area contributed by atoms with E-state index in [4.69, 9.17) is 16.3 Å². The first-order chi connectivity index (χ1) is 13.2. The average Bonchev–Trinajstić information content (AvgIpc) is 2.70. The van der Waals surface area contributed by atoms with Crippen molar-refractivity contribution in [2.75, 3.05) is 26.3 Å². The molecule has 5 heteroatoms. The van der Waals surface area contributed by atoms with Crippen LogP contribution >= 0.6 is 11.6 Å². The fourth-order valence-electron chi connectivity index (χ4n) is 5.39. The van der Waals surface area contributed by atoms with Crippen molar-refractivity contribution in [3.05, 3.63) is 57.5 Å². The molecule has 4 nitrogen and oxygen atoms in total. The van der Waals surface area contributed by atoms with E-state index in [1.165, 1.54) is 31.5 Å². The van der Waals surface area contributed by atoms with Crippen LogP contribution in [0.5, 0.6) is 0 Å². The highest BCUT2D eigenvalue weighted by Crippen LogP contribution is 2.32. The summed E-state index contributed by atoms with van der Waals surface area (Å²) in [5.74, 6) is 1.11. The van der Waals surface area contributed by atoms with Crippen molar-refractivity contribution in [2.45, 2.75) is 37.8 Å². The van der Waals surface area contributed by atoms with Crippen molar-refractivity contribution in [1.82, 2.24) is 4.57 Å². The molecule has 142 valence electrons. The Hall–Kier alpha value is -1.62. The first-order valence-corrected chi connectivity index (χ1v) is 10.5. The lowest BCUT2D eigenvalue weighted by Gasteiger charge is -2.44. The van der Waals surface area contributed by atoms with Crippen LogP contribution in [-0.2, 0) is 11.3 Å². The fourth-order valence-corrected chi connectivity index (χ4v) is 5.51. The van der Waals surface area contributed by atoms with Crippen LogP contribution in [0.15, 0.2) is 41.2 Å². The normalized spacial score (nSPS) is 28.0. The highest BCUT2D eigenvalue weighted by Gasteiger charge is 2.40. The van der Waals surface area contributed by atoms with Crippen molar-refractivity contribution in [1.29, 1.82) is 0 Å². The number of fused-ring (bicyclic) bond motifs is 4. The quantitative estimate of drug-likeness (QED) is 0.861. The molecular formula is C22H26ClN2O2+. The molecule has 2 fully saturated rings. The minimum Gasteiger partial charge on any atom is -0.381 e. The lowest BCUT2D eigenvalue weighted by molar-refractivity contribution is -0.937. The number of pyridine rings is 1. The molecule has 5 rings (SSSR count). The van der Waals surface area contributed by atoms with Crippen molar-refractivity contribution in [3.63, 3.8) is 0 Å². The Morgan fingerprint density at radius 3 is 2.59 bits per heavy atom. The second-order valence-electron chi connectivity index (χ2n) is 8.35. The van der Waals surface area contributed by atoms with Gasteiger partial charge >= 0.3 is 0 Å². The van der Waals surface area contributed by atoms with Crippen molar-refractivity contribution in [3.8, 4) is 11.1 Å². The smallest absolute Gasteiger partial charge is 0.258 e. The maximum absolute atomic E-state index is 13.2. The van der Waals surface area contributed by atoms with Gasteiger partial charge in [-0.3, -0.25) is 4.79 Å². The lowest BCUT2D eigenvalue weighted by atomic mass is 9.81. The Morgan fingerprint density at radius 1 is 1.04 bits per heavy atom. The van der Waals surface area contributed by atoms with Crippen LogP contribution < -0.4 is 10.5 Å². The highest BCUT2D eigenvalue weighted by molar-refractivity contribution is 6.30. The second kappa shape index (κ2) is 7.08. The van der Waals surface area contributed by atoms with E-state index in [1.54, 1.807) is 4.90 Å². The number of ether oxygens (including phenoxy) is 1. The number of likely N-dealkylation sites (tertiary alicyclic amines) is 1. The Kier molecular flexibility index (Phi) is 4.58. The molecule has 3 aliphatic heterocycles. The van der Waals surface area contributed by atoms with Gasteiger partial charge in [-0.1, -0.05) is 23.7 Å². The molecule has 0 spiro atoms. The summed E-state index contributed by atoms with van der Waals surface area (Å²) < 4.78 is 7.61. The number of piperidine rings is 1. The van der Waals surface area contributed by atoms with Gasteiger partial charge in [-0.2, -0.15) is 0 Å². The SMILES string of the molecule is O=c1c(-c2ccc(Cl)cc2)ccc2n1C[C@H]1C[C@@H]2C[NH+](C2CCOCC2)C1. The molecule has 2 bridgehead atoms. The number of quaternary nitrogens is 1. The number of benzene rings is 1. The van der Waals surface area contributed by atoms with Crippen LogP contribution in [0.4, 0.5) is 0 Å². The van der Waals surface area contributed by atoms with Gasteiger partial charge in [0.15, 0.2) is 0 Å². The molecule has 1 aromatic heterocycles. The predicted octanol–water partition coefficient (Wildman–Crippen LogP) is 2.35. The van der Waals surface area contributed by atoms with E-state index in [2.05, 4.69) is 10.6 Å². The minimum absolute atomic E-state index is 0.152. The number of hydrogen-bond donors (Lipinski definition) is 1. The van der Waals surface area contributed by atoms with Crippen LogP contribution in [0.3, 0.4) is 0 Å². The molecule has 0 amide bonds. The molecule has 1 aromatic carbocycles. The zero-order valence-electron chi connectivity index (χ0n) is 15.5. The van der Waals surface area contributed by atoms with E-state index >= 15 is 0 Å². The van der Waals surface area contributed by atoms with Crippen LogP contribution in [0.2, 0.25) is 5.02 Å². The summed E-state index contributed by atoms with van der Waals surface area (Å²) in [4.78, 5) is 15.0. The van der Waals surface area contributed by atoms with Gasteiger partial charge in [0.2, 0.25) is 0 Å². The Bertz CT molecular complexity index is 886. The largest absolute Gasteiger partial charge is 0.381 e. The topological polar surface area (TPSA) is 35.7 Å². The van der Waals surface area contributed by atoms with E-state index in [1.807, 2.05) is 30.3 Å².